The highest BCUT2D eigenvalue weighted by molar-refractivity contribution is 6.07. The highest BCUT2D eigenvalue weighted by Gasteiger charge is 2.35. The van der Waals surface area contributed by atoms with Crippen molar-refractivity contribution in [3.8, 4) is 0 Å². The van der Waals surface area contributed by atoms with E-state index in [-0.39, 0.29) is 36.6 Å². The van der Waals surface area contributed by atoms with Crippen molar-refractivity contribution in [3.05, 3.63) is 42.2 Å². The van der Waals surface area contributed by atoms with Crippen LogP contribution in [-0.2, 0) is 9.53 Å². The maximum absolute atomic E-state index is 12.7. The number of anilines is 2. The largest absolute Gasteiger partial charge is 0.394 e. The van der Waals surface area contributed by atoms with Gasteiger partial charge in [-0.15, -0.1) is 0 Å². The lowest BCUT2D eigenvalue weighted by atomic mass is 10.2. The zero-order valence-electron chi connectivity index (χ0n) is 17.6. The van der Waals surface area contributed by atoms with Crippen LogP contribution in [0.5, 0.6) is 0 Å². The van der Waals surface area contributed by atoms with E-state index in [1.807, 2.05) is 0 Å². The Morgan fingerprint density at radius 3 is 2.62 bits per heavy atom. The number of ether oxygens (including phenoxy) is 1. The molecule has 1 aromatic carbocycles. The number of fused-ring (bicyclic) bond motifs is 1. The fraction of sp³-hybridized carbons (Fsp3) is 0.381. The Bertz CT molecular complexity index is 1130. The van der Waals surface area contributed by atoms with E-state index < -0.39 is 24.3 Å². The van der Waals surface area contributed by atoms with Crippen molar-refractivity contribution in [2.75, 3.05) is 17.2 Å². The van der Waals surface area contributed by atoms with Crippen molar-refractivity contribution < 1.29 is 24.5 Å². The number of hydrogen-bond acceptors (Lipinski definition) is 8. The first-order valence-electron chi connectivity index (χ1n) is 10.2. The smallest absolute Gasteiger partial charge is 0.256 e. The number of carbonyl (C=O) groups excluding carboxylic acids is 2. The predicted molar refractivity (Wildman–Crippen MR) is 115 cm³/mol. The summed E-state index contributed by atoms with van der Waals surface area (Å²) in [5.74, 6) is -0.865. The molecule has 3 heterocycles. The molecule has 4 rings (SSSR count). The first-order chi connectivity index (χ1) is 15.4. The molecule has 2 aromatic heterocycles. The maximum atomic E-state index is 12.7. The van der Waals surface area contributed by atoms with Gasteiger partial charge in [0.05, 0.1) is 19.0 Å². The van der Waals surface area contributed by atoms with Crippen LogP contribution in [0.4, 0.5) is 11.8 Å². The Hall–Kier alpha value is -3.41. The van der Waals surface area contributed by atoms with Gasteiger partial charge in [0.25, 0.3) is 5.91 Å². The average molecular weight is 440 g/mol. The number of nitrogens with one attached hydrogen (secondary N) is 2. The Labute approximate surface area is 183 Å². The molecule has 11 heteroatoms. The van der Waals surface area contributed by atoms with Gasteiger partial charge in [-0.3, -0.25) is 19.5 Å². The molecule has 1 aliphatic rings. The first kappa shape index (κ1) is 21.8. The molecule has 32 heavy (non-hydrogen) atoms. The lowest BCUT2D eigenvalue weighted by Gasteiger charge is -2.15. The summed E-state index contributed by atoms with van der Waals surface area (Å²) in [5.41, 5.74) is 1.03. The number of imidazole rings is 1. The Morgan fingerprint density at radius 1 is 1.22 bits per heavy atom. The highest BCUT2D eigenvalue weighted by Crippen LogP contribution is 2.32. The second-order valence-electron chi connectivity index (χ2n) is 7.80. The van der Waals surface area contributed by atoms with Crippen LogP contribution in [0.25, 0.3) is 11.2 Å². The molecule has 0 spiro atoms. The summed E-state index contributed by atoms with van der Waals surface area (Å²) in [4.78, 5) is 38.0. The van der Waals surface area contributed by atoms with Crippen LogP contribution in [0.15, 0.2) is 36.7 Å². The minimum Gasteiger partial charge on any atom is -0.394 e. The number of carbonyl (C=O) groups is 2. The van der Waals surface area contributed by atoms with Gasteiger partial charge in [-0.2, -0.15) is 9.97 Å². The number of amides is 2. The van der Waals surface area contributed by atoms with Crippen LogP contribution in [-0.4, -0.2) is 60.4 Å². The quantitative estimate of drug-likeness (QED) is 0.448. The minimum absolute atomic E-state index is 0.00133. The van der Waals surface area contributed by atoms with E-state index in [0.29, 0.717) is 16.7 Å². The lowest BCUT2D eigenvalue weighted by molar-refractivity contribution is -0.118. The van der Waals surface area contributed by atoms with E-state index in [1.165, 1.54) is 6.33 Å². The number of aliphatic hydroxyl groups is 2. The summed E-state index contributed by atoms with van der Waals surface area (Å²) in [5, 5.41) is 24.8. The third kappa shape index (κ3) is 4.31. The average Bonchev–Trinajstić information content (AvgIpc) is 3.37. The summed E-state index contributed by atoms with van der Waals surface area (Å²) >= 11 is 0. The van der Waals surface area contributed by atoms with Crippen molar-refractivity contribution in [2.45, 2.75) is 38.7 Å². The Morgan fingerprint density at radius 2 is 1.97 bits per heavy atom. The van der Waals surface area contributed by atoms with Crippen LogP contribution in [0.1, 0.15) is 36.9 Å². The molecule has 11 nitrogen and oxygen atoms in total. The van der Waals surface area contributed by atoms with E-state index in [9.17, 15) is 19.8 Å². The molecule has 1 aliphatic heterocycles. The van der Waals surface area contributed by atoms with Crippen molar-refractivity contribution >= 4 is 34.7 Å². The molecule has 3 atom stereocenters. The van der Waals surface area contributed by atoms with Gasteiger partial charge in [0.2, 0.25) is 11.9 Å². The fourth-order valence-electron chi connectivity index (χ4n) is 3.34. The first-order valence-corrected chi connectivity index (χ1v) is 10.2. The predicted octanol–water partition coefficient (Wildman–Crippen LogP) is 1.31. The molecule has 168 valence electrons. The fourth-order valence-corrected chi connectivity index (χ4v) is 3.34. The van der Waals surface area contributed by atoms with Crippen LogP contribution < -0.4 is 10.6 Å². The van der Waals surface area contributed by atoms with Crippen molar-refractivity contribution in [3.63, 3.8) is 0 Å². The molecular weight excluding hydrogens is 416 g/mol. The molecule has 0 radical (unpaired) electrons. The van der Waals surface area contributed by atoms with E-state index in [0.717, 1.165) is 0 Å². The SMILES string of the molecule is CC(C)C(=O)Nc1nc(NC(=O)c2ccccc2)c2ncn([C@H]3C[C@H](O)[C@@H](CO)O3)c2n1. The second-order valence-corrected chi connectivity index (χ2v) is 7.80. The normalized spacial score (nSPS) is 20.6. The van der Waals surface area contributed by atoms with Gasteiger partial charge in [-0.25, -0.2) is 4.98 Å². The minimum atomic E-state index is -0.846. The third-order valence-corrected chi connectivity index (χ3v) is 5.14. The van der Waals surface area contributed by atoms with Crippen LogP contribution in [0, 0.1) is 5.92 Å². The van der Waals surface area contributed by atoms with E-state index in [2.05, 4.69) is 25.6 Å². The topological polar surface area (TPSA) is 151 Å². The number of hydrogen-bond donors (Lipinski definition) is 4. The maximum Gasteiger partial charge on any atom is 0.256 e. The van der Waals surface area contributed by atoms with Gasteiger partial charge in [0.1, 0.15) is 12.3 Å². The standard InChI is InChI=1S/C21H24N6O5/c1-11(2)19(30)26-21-24-17(23-20(31)12-6-4-3-5-7-12)16-18(25-21)27(10-22-16)15-8-13(29)14(9-28)32-15/h3-7,10-11,13-15,28-29H,8-9H2,1-2H3,(H2,23,24,25,26,30,31)/t13-,14+,15+/m0/s1. The van der Waals surface area contributed by atoms with E-state index >= 15 is 0 Å². The van der Waals surface area contributed by atoms with Gasteiger partial charge in [0, 0.05) is 17.9 Å². The van der Waals surface area contributed by atoms with Gasteiger partial charge in [-0.1, -0.05) is 32.0 Å². The zero-order valence-corrected chi connectivity index (χ0v) is 17.6. The molecule has 2 amide bonds. The molecule has 0 unspecified atom stereocenters. The summed E-state index contributed by atoms with van der Waals surface area (Å²) in [6.45, 7) is 3.14. The Kier molecular flexibility index (Phi) is 6.12. The molecule has 1 fully saturated rings. The second kappa shape index (κ2) is 8.99. The van der Waals surface area contributed by atoms with E-state index in [4.69, 9.17) is 4.74 Å². The third-order valence-electron chi connectivity index (χ3n) is 5.14. The van der Waals surface area contributed by atoms with Gasteiger partial charge in [-0.05, 0) is 12.1 Å². The number of rotatable bonds is 6. The van der Waals surface area contributed by atoms with Gasteiger partial charge < -0.3 is 20.3 Å². The van der Waals surface area contributed by atoms with Gasteiger partial charge >= 0.3 is 0 Å². The molecule has 1 saturated heterocycles. The number of aromatic nitrogens is 4. The van der Waals surface area contributed by atoms with Gasteiger partial charge in [0.15, 0.2) is 17.0 Å². The van der Waals surface area contributed by atoms with Crippen LogP contribution >= 0.6 is 0 Å². The summed E-state index contributed by atoms with van der Waals surface area (Å²) < 4.78 is 7.30. The zero-order chi connectivity index (χ0) is 22.8. The number of aliphatic hydroxyl groups excluding tert-OH is 2. The Balaban J connectivity index is 1.74. The van der Waals surface area contributed by atoms with Crippen molar-refractivity contribution in [1.29, 1.82) is 0 Å². The molecule has 3 aromatic rings. The monoisotopic (exact) mass is 440 g/mol. The lowest BCUT2D eigenvalue weighted by Crippen LogP contribution is -2.24. The molecular formula is C21H24N6O5. The summed E-state index contributed by atoms with van der Waals surface area (Å²) in [6, 6.07) is 8.62. The highest BCUT2D eigenvalue weighted by atomic mass is 16.5. The number of nitrogens with zero attached hydrogens (tertiary/aromatic N) is 4. The van der Waals surface area contributed by atoms with Crippen molar-refractivity contribution in [1.82, 2.24) is 19.5 Å². The van der Waals surface area contributed by atoms with Crippen LogP contribution in [0.3, 0.4) is 0 Å². The van der Waals surface area contributed by atoms with Crippen molar-refractivity contribution in [2.24, 2.45) is 5.92 Å². The van der Waals surface area contributed by atoms with Crippen LogP contribution in [0.2, 0.25) is 0 Å². The molecule has 4 N–H and O–H groups in total. The molecule has 0 bridgehead atoms. The van der Waals surface area contributed by atoms with E-state index in [1.54, 1.807) is 48.7 Å². The summed E-state index contributed by atoms with van der Waals surface area (Å²) in [7, 11) is 0. The summed E-state index contributed by atoms with van der Waals surface area (Å²) in [6.07, 6.45) is -0.519. The molecule has 0 saturated carbocycles. The molecule has 0 aliphatic carbocycles. The number of benzene rings is 1.